The molecule has 29 heavy (non-hydrogen) atoms. The van der Waals surface area contributed by atoms with Crippen LogP contribution in [0.5, 0.6) is 11.5 Å². The van der Waals surface area contributed by atoms with Gasteiger partial charge < -0.3 is 18.3 Å². The van der Waals surface area contributed by atoms with Gasteiger partial charge in [-0.05, 0) is 36.2 Å². The van der Waals surface area contributed by atoms with Crippen LogP contribution in [-0.4, -0.2) is 13.1 Å². The number of benzene rings is 2. The molecule has 0 unspecified atom stereocenters. The van der Waals surface area contributed by atoms with E-state index in [0.29, 0.717) is 22.7 Å². The van der Waals surface area contributed by atoms with Crippen LogP contribution in [0.2, 0.25) is 0 Å². The average molecular weight is 392 g/mol. The maximum absolute atomic E-state index is 12.4. The molecule has 6 nitrogen and oxygen atoms in total. The van der Waals surface area contributed by atoms with E-state index in [4.69, 9.17) is 18.3 Å². The summed E-state index contributed by atoms with van der Waals surface area (Å²) in [6.07, 6.45) is 3.29. The zero-order valence-corrected chi connectivity index (χ0v) is 16.2. The molecule has 0 atom stereocenters. The molecule has 0 radical (unpaired) electrons. The van der Waals surface area contributed by atoms with Gasteiger partial charge in [-0.1, -0.05) is 13.3 Å². The summed E-state index contributed by atoms with van der Waals surface area (Å²) in [6, 6.07) is 12.0. The quantitative estimate of drug-likeness (QED) is 0.270. The molecule has 2 aromatic carbocycles. The lowest BCUT2D eigenvalue weighted by Crippen LogP contribution is -2.11. The average Bonchev–Trinajstić information content (AvgIpc) is 3.09. The molecule has 0 aliphatic heterocycles. The van der Waals surface area contributed by atoms with Gasteiger partial charge in [0.2, 0.25) is 0 Å². The van der Waals surface area contributed by atoms with Crippen molar-refractivity contribution in [3.8, 4) is 11.5 Å². The monoisotopic (exact) mass is 392 g/mol. The van der Waals surface area contributed by atoms with Crippen LogP contribution in [0.15, 0.2) is 62.4 Å². The van der Waals surface area contributed by atoms with Crippen molar-refractivity contribution in [1.82, 2.24) is 0 Å². The lowest BCUT2D eigenvalue weighted by atomic mass is 10.1. The topological polar surface area (TPSA) is 78.9 Å². The number of ether oxygens (including phenoxy) is 2. The van der Waals surface area contributed by atoms with E-state index in [1.807, 2.05) is 25.1 Å². The summed E-state index contributed by atoms with van der Waals surface area (Å²) in [5, 5.41) is 1.68. The van der Waals surface area contributed by atoms with Gasteiger partial charge in [-0.3, -0.25) is 4.79 Å². The number of fused-ring (bicyclic) bond motifs is 2. The Labute approximate surface area is 166 Å². The molecule has 6 heteroatoms. The fraction of sp³-hybridized carbons (Fsp3) is 0.217. The standard InChI is InChI=1S/C23H20O6/c1-3-4-14-9-23(25)29-21-12-17(6-8-18(14)21)28-22(24)10-15-13-27-20-11-16(26-2)5-7-19(15)20/h5-9,11-13H,3-4,10H2,1-2H3. The number of esters is 1. The summed E-state index contributed by atoms with van der Waals surface area (Å²) in [7, 11) is 1.58. The SMILES string of the molecule is CCCc1cc(=O)oc2cc(OC(=O)Cc3coc4cc(OC)ccc34)ccc12. The Hall–Kier alpha value is -3.54. The molecule has 2 heterocycles. The van der Waals surface area contributed by atoms with E-state index in [2.05, 4.69) is 0 Å². The van der Waals surface area contributed by atoms with Gasteiger partial charge >= 0.3 is 11.6 Å². The Balaban J connectivity index is 1.55. The second-order valence-corrected chi connectivity index (χ2v) is 6.77. The smallest absolute Gasteiger partial charge is 0.336 e. The molecule has 0 fully saturated rings. The number of carbonyl (C=O) groups is 1. The highest BCUT2D eigenvalue weighted by Crippen LogP contribution is 2.27. The fourth-order valence-electron chi connectivity index (χ4n) is 3.40. The van der Waals surface area contributed by atoms with Crippen molar-refractivity contribution in [3.05, 3.63) is 70.3 Å². The summed E-state index contributed by atoms with van der Waals surface area (Å²) < 4.78 is 21.4. The third kappa shape index (κ3) is 3.87. The number of hydrogen-bond acceptors (Lipinski definition) is 6. The summed E-state index contributed by atoms with van der Waals surface area (Å²) in [6.45, 7) is 2.05. The first kappa shape index (κ1) is 18.8. The highest BCUT2D eigenvalue weighted by atomic mass is 16.5. The van der Waals surface area contributed by atoms with Crippen LogP contribution in [0, 0.1) is 0 Å². The fourth-order valence-corrected chi connectivity index (χ4v) is 3.40. The summed E-state index contributed by atoms with van der Waals surface area (Å²) in [5.41, 5.74) is 2.29. The Bertz CT molecular complexity index is 1250. The van der Waals surface area contributed by atoms with Gasteiger partial charge in [-0.15, -0.1) is 0 Å². The molecule has 0 saturated heterocycles. The summed E-state index contributed by atoms with van der Waals surface area (Å²) in [4.78, 5) is 24.2. The number of carbonyl (C=O) groups excluding carboxylic acids is 1. The van der Waals surface area contributed by atoms with Crippen molar-refractivity contribution in [1.29, 1.82) is 0 Å². The van der Waals surface area contributed by atoms with Gasteiger partial charge in [0.1, 0.15) is 22.7 Å². The predicted octanol–water partition coefficient (Wildman–Crippen LogP) is 4.65. The van der Waals surface area contributed by atoms with Crippen LogP contribution in [-0.2, 0) is 17.6 Å². The second-order valence-electron chi connectivity index (χ2n) is 6.77. The molecule has 148 valence electrons. The summed E-state index contributed by atoms with van der Waals surface area (Å²) >= 11 is 0. The van der Waals surface area contributed by atoms with E-state index in [9.17, 15) is 9.59 Å². The highest BCUT2D eigenvalue weighted by Gasteiger charge is 2.14. The minimum Gasteiger partial charge on any atom is -0.497 e. The van der Waals surface area contributed by atoms with Gasteiger partial charge in [0.15, 0.2) is 0 Å². The third-order valence-corrected chi connectivity index (χ3v) is 4.75. The predicted molar refractivity (Wildman–Crippen MR) is 109 cm³/mol. The van der Waals surface area contributed by atoms with Gasteiger partial charge in [0.25, 0.3) is 0 Å². The number of methoxy groups -OCH3 is 1. The molecule has 0 aliphatic carbocycles. The Morgan fingerprint density at radius 1 is 0.966 bits per heavy atom. The maximum atomic E-state index is 12.4. The molecular formula is C23H20O6. The van der Waals surface area contributed by atoms with E-state index < -0.39 is 11.6 Å². The lowest BCUT2D eigenvalue weighted by Gasteiger charge is -2.07. The third-order valence-electron chi connectivity index (χ3n) is 4.75. The Kier molecular flexibility index (Phi) is 5.08. The minimum absolute atomic E-state index is 0.0528. The van der Waals surface area contributed by atoms with Crippen molar-refractivity contribution >= 4 is 27.9 Å². The molecule has 0 saturated carbocycles. The minimum atomic E-state index is -0.435. The van der Waals surface area contributed by atoms with Crippen LogP contribution < -0.4 is 15.1 Å². The molecule has 2 aromatic heterocycles. The van der Waals surface area contributed by atoms with Gasteiger partial charge in [0.05, 0.1) is 19.8 Å². The molecule has 4 rings (SSSR count). The van der Waals surface area contributed by atoms with Crippen LogP contribution in [0.4, 0.5) is 0 Å². The van der Waals surface area contributed by atoms with Gasteiger partial charge in [-0.2, -0.15) is 0 Å². The molecule has 0 aliphatic rings. The first-order chi connectivity index (χ1) is 14.1. The van der Waals surface area contributed by atoms with Crippen molar-refractivity contribution in [3.63, 3.8) is 0 Å². The van der Waals surface area contributed by atoms with Crippen LogP contribution in [0.3, 0.4) is 0 Å². The molecule has 4 aromatic rings. The molecule has 0 N–H and O–H groups in total. The number of hydrogen-bond donors (Lipinski definition) is 0. The first-order valence-corrected chi connectivity index (χ1v) is 9.39. The van der Waals surface area contributed by atoms with Gasteiger partial charge in [0, 0.05) is 34.5 Å². The Morgan fingerprint density at radius 2 is 1.69 bits per heavy atom. The van der Waals surface area contributed by atoms with E-state index in [1.165, 1.54) is 6.07 Å². The normalized spacial score (nSPS) is 11.1. The van der Waals surface area contributed by atoms with E-state index in [1.54, 1.807) is 31.6 Å². The van der Waals surface area contributed by atoms with Crippen LogP contribution in [0.25, 0.3) is 21.9 Å². The molecule has 0 amide bonds. The second kappa shape index (κ2) is 7.83. The zero-order chi connectivity index (χ0) is 20.4. The van der Waals surface area contributed by atoms with E-state index in [-0.39, 0.29) is 6.42 Å². The molecule has 0 bridgehead atoms. The maximum Gasteiger partial charge on any atom is 0.336 e. The highest BCUT2D eigenvalue weighted by molar-refractivity contribution is 5.88. The first-order valence-electron chi connectivity index (χ1n) is 9.39. The van der Waals surface area contributed by atoms with Crippen LogP contribution >= 0.6 is 0 Å². The van der Waals surface area contributed by atoms with Crippen molar-refractivity contribution in [2.24, 2.45) is 0 Å². The van der Waals surface area contributed by atoms with Crippen LogP contribution in [0.1, 0.15) is 24.5 Å². The van der Waals surface area contributed by atoms with Gasteiger partial charge in [-0.25, -0.2) is 4.79 Å². The van der Waals surface area contributed by atoms with E-state index >= 15 is 0 Å². The number of aryl methyl sites for hydroxylation is 1. The zero-order valence-electron chi connectivity index (χ0n) is 16.2. The number of furan rings is 1. The Morgan fingerprint density at radius 3 is 2.45 bits per heavy atom. The number of rotatable bonds is 6. The molecular weight excluding hydrogens is 372 g/mol. The lowest BCUT2D eigenvalue weighted by molar-refractivity contribution is -0.133. The van der Waals surface area contributed by atoms with Crippen molar-refractivity contribution in [2.45, 2.75) is 26.2 Å². The summed E-state index contributed by atoms with van der Waals surface area (Å²) in [5.74, 6) is 0.574. The molecule has 0 spiro atoms. The van der Waals surface area contributed by atoms with E-state index in [0.717, 1.165) is 34.7 Å². The van der Waals surface area contributed by atoms with Crippen molar-refractivity contribution < 1.29 is 23.1 Å². The largest absolute Gasteiger partial charge is 0.497 e. The van der Waals surface area contributed by atoms with Crippen molar-refractivity contribution in [2.75, 3.05) is 7.11 Å².